The Morgan fingerprint density at radius 1 is 1.44 bits per heavy atom. The van der Waals surface area contributed by atoms with E-state index in [9.17, 15) is 4.79 Å². The maximum Gasteiger partial charge on any atom is 0.322 e. The molecule has 0 spiro atoms. The molecule has 1 saturated heterocycles. The van der Waals surface area contributed by atoms with Crippen LogP contribution in [0.1, 0.15) is 31.6 Å². The number of aromatic nitrogens is 2. The highest BCUT2D eigenvalue weighted by Crippen LogP contribution is 2.11. The molecule has 0 bridgehead atoms. The number of rotatable bonds is 2. The molecule has 0 radical (unpaired) electrons. The zero-order chi connectivity index (χ0) is 11.4. The standard InChI is InChI=1S/C10H16N4O2/c1-7-13-14-10(16-7)12-9(15)8-5-3-2-4-6-11-8/h8,11H,2-6H2,1H3,(H,12,14,15). The van der Waals surface area contributed by atoms with Crippen molar-refractivity contribution in [2.45, 2.75) is 38.6 Å². The van der Waals surface area contributed by atoms with Gasteiger partial charge in [-0.3, -0.25) is 10.1 Å². The van der Waals surface area contributed by atoms with Gasteiger partial charge >= 0.3 is 6.01 Å². The number of nitrogens with zero attached hydrogens (tertiary/aromatic N) is 2. The van der Waals surface area contributed by atoms with E-state index in [1.807, 2.05) is 0 Å². The van der Waals surface area contributed by atoms with Crippen molar-refractivity contribution in [3.8, 4) is 0 Å². The van der Waals surface area contributed by atoms with E-state index in [2.05, 4.69) is 20.8 Å². The number of hydrogen-bond donors (Lipinski definition) is 2. The van der Waals surface area contributed by atoms with Crippen LogP contribution in [0.25, 0.3) is 0 Å². The lowest BCUT2D eigenvalue weighted by Crippen LogP contribution is -2.39. The van der Waals surface area contributed by atoms with E-state index in [1.165, 1.54) is 6.42 Å². The highest BCUT2D eigenvalue weighted by atomic mass is 16.4. The third-order valence-corrected chi connectivity index (χ3v) is 2.63. The fourth-order valence-electron chi connectivity index (χ4n) is 1.79. The predicted octanol–water partition coefficient (Wildman–Crippen LogP) is 0.849. The second-order valence-corrected chi connectivity index (χ2v) is 3.97. The van der Waals surface area contributed by atoms with Crippen LogP contribution < -0.4 is 10.6 Å². The second-order valence-electron chi connectivity index (χ2n) is 3.97. The summed E-state index contributed by atoms with van der Waals surface area (Å²) in [5.41, 5.74) is 0. The van der Waals surface area contributed by atoms with Gasteiger partial charge in [-0.25, -0.2) is 0 Å². The monoisotopic (exact) mass is 224 g/mol. The summed E-state index contributed by atoms with van der Waals surface area (Å²) in [5, 5.41) is 13.2. The van der Waals surface area contributed by atoms with Gasteiger partial charge in [0.15, 0.2) is 0 Å². The molecular formula is C10H16N4O2. The maximum absolute atomic E-state index is 11.8. The highest BCUT2D eigenvalue weighted by molar-refractivity contribution is 5.93. The van der Waals surface area contributed by atoms with Crippen molar-refractivity contribution >= 4 is 11.9 Å². The molecule has 6 nitrogen and oxygen atoms in total. The van der Waals surface area contributed by atoms with E-state index < -0.39 is 0 Å². The minimum atomic E-state index is -0.144. The molecule has 2 heterocycles. The molecule has 1 amide bonds. The summed E-state index contributed by atoms with van der Waals surface area (Å²) in [6, 6.07) is 0.0308. The molecular weight excluding hydrogens is 208 g/mol. The SMILES string of the molecule is Cc1nnc(NC(=O)C2CCCCCN2)o1. The average molecular weight is 224 g/mol. The van der Waals surface area contributed by atoms with E-state index in [0.29, 0.717) is 5.89 Å². The van der Waals surface area contributed by atoms with Crippen LogP contribution >= 0.6 is 0 Å². The zero-order valence-electron chi connectivity index (χ0n) is 9.32. The minimum absolute atomic E-state index is 0.0921. The molecule has 1 aliphatic heterocycles. The smallest absolute Gasteiger partial charge is 0.322 e. The third-order valence-electron chi connectivity index (χ3n) is 2.63. The van der Waals surface area contributed by atoms with Crippen LogP contribution in [0.2, 0.25) is 0 Å². The summed E-state index contributed by atoms with van der Waals surface area (Å²) in [6.07, 6.45) is 4.24. The minimum Gasteiger partial charge on any atom is -0.408 e. The number of carbonyl (C=O) groups is 1. The lowest BCUT2D eigenvalue weighted by atomic mass is 10.1. The van der Waals surface area contributed by atoms with Gasteiger partial charge < -0.3 is 9.73 Å². The van der Waals surface area contributed by atoms with Crippen molar-refractivity contribution < 1.29 is 9.21 Å². The van der Waals surface area contributed by atoms with Crippen molar-refractivity contribution in [2.75, 3.05) is 11.9 Å². The van der Waals surface area contributed by atoms with Gasteiger partial charge in [-0.2, -0.15) is 0 Å². The average Bonchev–Trinajstić information content (AvgIpc) is 2.56. The Hall–Kier alpha value is -1.43. The van der Waals surface area contributed by atoms with Crippen LogP contribution in [0, 0.1) is 6.92 Å². The topological polar surface area (TPSA) is 80.0 Å². The lowest BCUT2D eigenvalue weighted by Gasteiger charge is -2.13. The molecule has 1 fully saturated rings. The van der Waals surface area contributed by atoms with Gasteiger partial charge in [0.2, 0.25) is 11.8 Å². The van der Waals surface area contributed by atoms with E-state index in [0.717, 1.165) is 25.8 Å². The van der Waals surface area contributed by atoms with E-state index >= 15 is 0 Å². The van der Waals surface area contributed by atoms with Gasteiger partial charge in [0.25, 0.3) is 0 Å². The summed E-state index contributed by atoms with van der Waals surface area (Å²) in [7, 11) is 0. The maximum atomic E-state index is 11.8. The first-order chi connectivity index (χ1) is 7.75. The second kappa shape index (κ2) is 5.07. The number of nitrogens with one attached hydrogen (secondary N) is 2. The largest absolute Gasteiger partial charge is 0.408 e. The van der Waals surface area contributed by atoms with Gasteiger partial charge in [-0.15, -0.1) is 5.10 Å². The number of amides is 1. The number of carbonyl (C=O) groups excluding carboxylic acids is 1. The molecule has 0 aliphatic carbocycles. The molecule has 6 heteroatoms. The van der Waals surface area contributed by atoms with Crippen LogP contribution in [-0.4, -0.2) is 28.7 Å². The molecule has 1 unspecified atom stereocenters. The molecule has 88 valence electrons. The molecule has 0 aromatic carbocycles. The molecule has 1 aliphatic rings. The Balaban J connectivity index is 1.91. The summed E-state index contributed by atoms with van der Waals surface area (Å²) in [5.74, 6) is 0.356. The van der Waals surface area contributed by atoms with E-state index in [4.69, 9.17) is 4.42 Å². The Kier molecular flexibility index (Phi) is 3.51. The zero-order valence-corrected chi connectivity index (χ0v) is 9.32. The van der Waals surface area contributed by atoms with Crippen molar-refractivity contribution in [1.82, 2.24) is 15.5 Å². The molecule has 1 aromatic heterocycles. The van der Waals surface area contributed by atoms with Crippen molar-refractivity contribution in [3.63, 3.8) is 0 Å². The number of hydrogen-bond acceptors (Lipinski definition) is 5. The van der Waals surface area contributed by atoms with Gasteiger partial charge in [0.1, 0.15) is 0 Å². The number of aryl methyl sites for hydroxylation is 1. The van der Waals surface area contributed by atoms with Gasteiger partial charge in [0, 0.05) is 6.92 Å². The van der Waals surface area contributed by atoms with Crippen LogP contribution in [-0.2, 0) is 4.79 Å². The Morgan fingerprint density at radius 2 is 2.31 bits per heavy atom. The quantitative estimate of drug-likeness (QED) is 0.778. The summed E-state index contributed by atoms with van der Waals surface area (Å²) in [6.45, 7) is 2.58. The normalized spacial score (nSPS) is 21.4. The van der Waals surface area contributed by atoms with Crippen LogP contribution in [0.4, 0.5) is 6.01 Å². The Morgan fingerprint density at radius 3 is 3.06 bits per heavy atom. The van der Waals surface area contributed by atoms with Crippen LogP contribution in [0.5, 0.6) is 0 Å². The van der Waals surface area contributed by atoms with E-state index in [-0.39, 0.29) is 18.0 Å². The molecule has 0 saturated carbocycles. The van der Waals surface area contributed by atoms with Gasteiger partial charge in [0.05, 0.1) is 6.04 Å². The molecule has 2 rings (SSSR count). The fourth-order valence-corrected chi connectivity index (χ4v) is 1.79. The van der Waals surface area contributed by atoms with Crippen molar-refractivity contribution in [1.29, 1.82) is 0 Å². The van der Waals surface area contributed by atoms with Gasteiger partial charge in [-0.1, -0.05) is 17.9 Å². The molecule has 16 heavy (non-hydrogen) atoms. The van der Waals surface area contributed by atoms with Crippen LogP contribution in [0.3, 0.4) is 0 Å². The summed E-state index contributed by atoms with van der Waals surface area (Å²) >= 11 is 0. The Bertz CT molecular complexity index is 355. The van der Waals surface area contributed by atoms with Crippen LogP contribution in [0.15, 0.2) is 4.42 Å². The highest BCUT2D eigenvalue weighted by Gasteiger charge is 2.20. The Labute approximate surface area is 93.8 Å². The predicted molar refractivity (Wildman–Crippen MR) is 57.9 cm³/mol. The molecule has 1 atom stereocenters. The summed E-state index contributed by atoms with van der Waals surface area (Å²) in [4.78, 5) is 11.8. The first kappa shape index (κ1) is 11.1. The van der Waals surface area contributed by atoms with Gasteiger partial charge in [-0.05, 0) is 19.4 Å². The number of anilines is 1. The first-order valence-corrected chi connectivity index (χ1v) is 5.60. The molecule has 2 N–H and O–H groups in total. The molecule has 1 aromatic rings. The lowest BCUT2D eigenvalue weighted by molar-refractivity contribution is -0.118. The fraction of sp³-hybridized carbons (Fsp3) is 0.700. The van der Waals surface area contributed by atoms with Crippen molar-refractivity contribution in [2.24, 2.45) is 0 Å². The van der Waals surface area contributed by atoms with E-state index in [1.54, 1.807) is 6.92 Å². The third kappa shape index (κ3) is 2.79. The summed E-state index contributed by atoms with van der Waals surface area (Å²) < 4.78 is 5.09. The van der Waals surface area contributed by atoms with Crippen molar-refractivity contribution in [3.05, 3.63) is 5.89 Å². The first-order valence-electron chi connectivity index (χ1n) is 5.60.